The van der Waals surface area contributed by atoms with Crippen molar-refractivity contribution in [1.29, 1.82) is 0 Å². The lowest BCUT2D eigenvalue weighted by Gasteiger charge is -2.35. The largest absolute Gasteiger partial charge is 0.300 e. The lowest BCUT2D eigenvalue weighted by atomic mass is 9.97. The number of ketones is 1. The maximum atomic E-state index is 13.2. The molecule has 1 aromatic carbocycles. The first-order valence-corrected chi connectivity index (χ1v) is 7.53. The fourth-order valence-electron chi connectivity index (χ4n) is 2.70. The molecule has 0 amide bonds. The second-order valence-electron chi connectivity index (χ2n) is 5.27. The van der Waals surface area contributed by atoms with Gasteiger partial charge in [-0.2, -0.15) is 0 Å². The van der Waals surface area contributed by atoms with Crippen molar-refractivity contribution < 1.29 is 9.18 Å². The van der Waals surface area contributed by atoms with Crippen LogP contribution in [0.25, 0.3) is 0 Å². The molecule has 0 radical (unpaired) electrons. The van der Waals surface area contributed by atoms with E-state index in [9.17, 15) is 9.18 Å². The van der Waals surface area contributed by atoms with Gasteiger partial charge in [0.15, 0.2) is 0 Å². The Kier molecular flexibility index (Phi) is 5.11. The predicted octanol–water partition coefficient (Wildman–Crippen LogP) is 3.92. The average Bonchev–Trinajstić information content (AvgIpc) is 2.36. The minimum atomic E-state index is -0.234. The summed E-state index contributed by atoms with van der Waals surface area (Å²) in [6, 6.07) is 5.48. The van der Waals surface area contributed by atoms with Crippen LogP contribution in [0.1, 0.15) is 38.2 Å². The molecular formula is C15H19BrFNO. The number of rotatable bonds is 4. The molecule has 1 aliphatic heterocycles. The van der Waals surface area contributed by atoms with Gasteiger partial charge in [0.2, 0.25) is 0 Å². The van der Waals surface area contributed by atoms with Crippen LogP contribution in [0, 0.1) is 5.82 Å². The normalized spacial score (nSPS) is 20.5. The Morgan fingerprint density at radius 3 is 2.95 bits per heavy atom. The van der Waals surface area contributed by atoms with Crippen LogP contribution < -0.4 is 0 Å². The van der Waals surface area contributed by atoms with E-state index in [0.717, 1.165) is 25.1 Å². The maximum absolute atomic E-state index is 13.2. The van der Waals surface area contributed by atoms with Crippen LogP contribution in [-0.4, -0.2) is 23.3 Å². The minimum Gasteiger partial charge on any atom is -0.300 e. The van der Waals surface area contributed by atoms with E-state index in [2.05, 4.69) is 20.8 Å². The van der Waals surface area contributed by atoms with Crippen molar-refractivity contribution in [1.82, 2.24) is 4.90 Å². The first kappa shape index (κ1) is 14.7. The Bertz CT molecular complexity index is 463. The average molecular weight is 328 g/mol. The number of hydrogen-bond donors (Lipinski definition) is 0. The second kappa shape index (κ2) is 6.62. The summed E-state index contributed by atoms with van der Waals surface area (Å²) in [7, 11) is 0. The van der Waals surface area contributed by atoms with Crippen LogP contribution in [0.3, 0.4) is 0 Å². The molecule has 4 heteroatoms. The Balaban J connectivity index is 2.06. The number of carbonyl (C=O) groups is 1. The summed E-state index contributed by atoms with van der Waals surface area (Å²) < 4.78 is 13.7. The molecule has 1 saturated heterocycles. The Morgan fingerprint density at radius 2 is 2.26 bits per heavy atom. The topological polar surface area (TPSA) is 20.3 Å². The molecule has 0 N–H and O–H groups in total. The summed E-state index contributed by atoms with van der Waals surface area (Å²) in [5, 5.41) is 0. The van der Waals surface area contributed by atoms with Gasteiger partial charge in [0.05, 0.1) is 4.47 Å². The molecule has 1 heterocycles. The van der Waals surface area contributed by atoms with E-state index in [1.165, 1.54) is 18.9 Å². The van der Waals surface area contributed by atoms with E-state index in [4.69, 9.17) is 0 Å². The Labute approximate surface area is 122 Å². The van der Waals surface area contributed by atoms with Crippen LogP contribution in [0.4, 0.5) is 4.39 Å². The summed E-state index contributed by atoms with van der Waals surface area (Å²) in [6.45, 7) is 3.46. The molecule has 2 rings (SSSR count). The molecule has 104 valence electrons. The number of benzene rings is 1. The third kappa shape index (κ3) is 4.11. The van der Waals surface area contributed by atoms with Gasteiger partial charge in [-0.1, -0.05) is 12.5 Å². The maximum Gasteiger partial charge on any atom is 0.137 e. The van der Waals surface area contributed by atoms with E-state index < -0.39 is 0 Å². The summed E-state index contributed by atoms with van der Waals surface area (Å²) in [5.74, 6) is 0.0138. The van der Waals surface area contributed by atoms with Crippen molar-refractivity contribution in [3.63, 3.8) is 0 Å². The quantitative estimate of drug-likeness (QED) is 0.835. The van der Waals surface area contributed by atoms with Crippen LogP contribution in [-0.2, 0) is 11.3 Å². The molecule has 0 spiro atoms. The van der Waals surface area contributed by atoms with Gasteiger partial charge in [0.1, 0.15) is 11.6 Å². The summed E-state index contributed by atoms with van der Waals surface area (Å²) in [5.41, 5.74) is 1.09. The van der Waals surface area contributed by atoms with Gasteiger partial charge in [-0.25, -0.2) is 4.39 Å². The molecule has 1 fully saturated rings. The molecule has 1 atom stereocenters. The SMILES string of the molecule is CC(=O)CC1CCCCN1Cc1ccc(F)c(Br)c1. The summed E-state index contributed by atoms with van der Waals surface area (Å²) in [6.07, 6.45) is 4.09. The van der Waals surface area contributed by atoms with Crippen molar-refractivity contribution in [3.8, 4) is 0 Å². The number of halogens is 2. The van der Waals surface area contributed by atoms with Crippen molar-refractivity contribution in [2.75, 3.05) is 6.54 Å². The van der Waals surface area contributed by atoms with Gasteiger partial charge in [-0.3, -0.25) is 9.69 Å². The molecule has 0 saturated carbocycles. The minimum absolute atomic E-state index is 0.234. The summed E-state index contributed by atoms with van der Waals surface area (Å²) in [4.78, 5) is 13.7. The number of Topliss-reactive ketones (excluding diaryl/α,β-unsaturated/α-hetero) is 1. The number of hydrogen-bond acceptors (Lipinski definition) is 2. The standard InChI is InChI=1S/C15H19BrFNO/c1-11(19)8-13-4-2-3-7-18(13)10-12-5-6-15(17)14(16)9-12/h5-6,9,13H,2-4,7-8,10H2,1H3. The summed E-state index contributed by atoms with van der Waals surface area (Å²) >= 11 is 3.22. The van der Waals surface area contributed by atoms with Gasteiger partial charge in [0.25, 0.3) is 0 Å². The van der Waals surface area contributed by atoms with E-state index in [0.29, 0.717) is 16.9 Å². The van der Waals surface area contributed by atoms with Crippen molar-refractivity contribution in [2.45, 2.75) is 45.2 Å². The highest BCUT2D eigenvalue weighted by molar-refractivity contribution is 9.10. The Hall–Kier alpha value is -0.740. The van der Waals surface area contributed by atoms with Gasteiger partial charge < -0.3 is 0 Å². The van der Waals surface area contributed by atoms with Gasteiger partial charge >= 0.3 is 0 Å². The molecular weight excluding hydrogens is 309 g/mol. The molecule has 1 aromatic rings. The zero-order valence-electron chi connectivity index (χ0n) is 11.2. The zero-order valence-corrected chi connectivity index (χ0v) is 12.7. The smallest absolute Gasteiger partial charge is 0.137 e. The van der Waals surface area contributed by atoms with E-state index >= 15 is 0 Å². The van der Waals surface area contributed by atoms with Crippen molar-refractivity contribution in [2.24, 2.45) is 0 Å². The third-order valence-corrected chi connectivity index (χ3v) is 4.25. The highest BCUT2D eigenvalue weighted by Crippen LogP contribution is 2.24. The number of nitrogens with zero attached hydrogens (tertiary/aromatic N) is 1. The van der Waals surface area contributed by atoms with E-state index in [-0.39, 0.29) is 11.6 Å². The third-order valence-electron chi connectivity index (χ3n) is 3.64. The number of piperidine rings is 1. The molecule has 1 aliphatic rings. The molecule has 0 bridgehead atoms. The number of carbonyl (C=O) groups excluding carboxylic acids is 1. The molecule has 2 nitrogen and oxygen atoms in total. The van der Waals surface area contributed by atoms with E-state index in [1.54, 1.807) is 6.92 Å². The monoisotopic (exact) mass is 327 g/mol. The highest BCUT2D eigenvalue weighted by Gasteiger charge is 2.23. The van der Waals surface area contributed by atoms with Crippen LogP contribution in [0.5, 0.6) is 0 Å². The molecule has 19 heavy (non-hydrogen) atoms. The predicted molar refractivity (Wildman–Crippen MR) is 77.4 cm³/mol. The lowest BCUT2D eigenvalue weighted by molar-refractivity contribution is -0.118. The van der Waals surface area contributed by atoms with Crippen molar-refractivity contribution in [3.05, 3.63) is 34.1 Å². The first-order valence-electron chi connectivity index (χ1n) is 6.73. The zero-order chi connectivity index (χ0) is 13.8. The van der Waals surface area contributed by atoms with Gasteiger partial charge in [0, 0.05) is 19.0 Å². The van der Waals surface area contributed by atoms with Crippen LogP contribution in [0.2, 0.25) is 0 Å². The van der Waals surface area contributed by atoms with Gasteiger partial charge in [-0.05, 0) is 59.9 Å². The fourth-order valence-corrected chi connectivity index (χ4v) is 3.13. The molecule has 1 unspecified atom stereocenters. The van der Waals surface area contributed by atoms with E-state index in [1.807, 2.05) is 12.1 Å². The molecule has 0 aliphatic carbocycles. The fraction of sp³-hybridized carbons (Fsp3) is 0.533. The second-order valence-corrected chi connectivity index (χ2v) is 6.13. The highest BCUT2D eigenvalue weighted by atomic mass is 79.9. The van der Waals surface area contributed by atoms with Gasteiger partial charge in [-0.15, -0.1) is 0 Å². The number of likely N-dealkylation sites (tertiary alicyclic amines) is 1. The van der Waals surface area contributed by atoms with Crippen LogP contribution >= 0.6 is 15.9 Å². The first-order chi connectivity index (χ1) is 9.06. The van der Waals surface area contributed by atoms with Crippen LogP contribution in [0.15, 0.2) is 22.7 Å². The van der Waals surface area contributed by atoms with Crippen molar-refractivity contribution >= 4 is 21.7 Å². The molecule has 0 aromatic heterocycles. The lowest BCUT2D eigenvalue weighted by Crippen LogP contribution is -2.39. The Morgan fingerprint density at radius 1 is 1.47 bits per heavy atom.